The molecule has 0 amide bonds. The summed E-state index contributed by atoms with van der Waals surface area (Å²) in [4.78, 5) is 0. The van der Waals surface area contributed by atoms with Gasteiger partial charge in [-0.05, 0) is 0 Å². The smallest absolute Gasteiger partial charge is 0.279 e. The van der Waals surface area contributed by atoms with Gasteiger partial charge in [-0.2, -0.15) is 21.6 Å². The summed E-state index contributed by atoms with van der Waals surface area (Å²) in [6, 6.07) is 0. The van der Waals surface area contributed by atoms with Crippen LogP contribution in [0.3, 0.4) is 0 Å². The Balaban J connectivity index is 0.000000675. The lowest BCUT2D eigenvalue weighted by Gasteiger charge is -2.23. The van der Waals surface area contributed by atoms with Gasteiger partial charge in [-0.3, -0.25) is 4.55 Å². The first-order valence-electron chi connectivity index (χ1n) is 9.29. The molecule has 0 aromatic heterocycles. The molecule has 0 bridgehead atoms. The van der Waals surface area contributed by atoms with Crippen molar-refractivity contribution in [1.29, 1.82) is 0 Å². The second-order valence-electron chi connectivity index (χ2n) is 7.01. The first-order valence-corrected chi connectivity index (χ1v) is 12.1. The predicted octanol–water partition coefficient (Wildman–Crippen LogP) is 5.93. The Hall–Kier alpha value is -3.26. The fraction of sp³-hybridized carbons (Fsp3) is 0.0526. The van der Waals surface area contributed by atoms with E-state index in [0.29, 0.717) is 0 Å². The second-order valence-corrected chi connectivity index (χ2v) is 10.4. The van der Waals surface area contributed by atoms with E-state index in [1.807, 2.05) is 0 Å². The quantitative estimate of drug-likeness (QED) is 0.0933. The first-order chi connectivity index (χ1) is 18.9. The van der Waals surface area contributed by atoms with Gasteiger partial charge in [0.25, 0.3) is 0 Å². The molecule has 0 heterocycles. The Morgan fingerprint density at radius 2 is 0.500 bits per heavy atom. The SMILES string of the molecule is Fc1c(F)c(F)c(P(c2c(F)c(F)c(F)c(F)c2F)c2c(F)c(F)c(F)c(F)c2F)c(F)c1F.O=S(=O)(O)C(F)(F)F. The van der Waals surface area contributed by atoms with Gasteiger partial charge < -0.3 is 0 Å². The lowest BCUT2D eigenvalue weighted by molar-refractivity contribution is -0.0510. The Bertz CT molecular complexity index is 1450. The van der Waals surface area contributed by atoms with Crippen molar-refractivity contribution in [3.8, 4) is 0 Å². The van der Waals surface area contributed by atoms with E-state index in [0.717, 1.165) is 0 Å². The molecule has 23 heteroatoms. The zero-order valence-electron chi connectivity index (χ0n) is 18.4. The summed E-state index contributed by atoms with van der Waals surface area (Å²) >= 11 is 0. The molecule has 232 valence electrons. The van der Waals surface area contributed by atoms with Gasteiger partial charge in [0.15, 0.2) is 69.8 Å². The van der Waals surface area contributed by atoms with Crippen molar-refractivity contribution in [1.82, 2.24) is 0 Å². The maximum absolute atomic E-state index is 14.4. The van der Waals surface area contributed by atoms with E-state index in [2.05, 4.69) is 0 Å². The summed E-state index contributed by atoms with van der Waals surface area (Å²) in [5.41, 5.74) is -5.53. The molecule has 3 aromatic rings. The summed E-state index contributed by atoms with van der Waals surface area (Å²) in [5, 5.41) is -7.84. The maximum atomic E-state index is 14.4. The van der Waals surface area contributed by atoms with Gasteiger partial charge in [0.05, 0.1) is 15.9 Å². The molecule has 0 atom stereocenters. The minimum absolute atomic E-state index is 2.61. The molecule has 3 aromatic carbocycles. The minimum atomic E-state index is -5.84. The van der Waals surface area contributed by atoms with Crippen LogP contribution in [0.1, 0.15) is 0 Å². The number of benzene rings is 3. The lowest BCUT2D eigenvalue weighted by Crippen LogP contribution is -2.36. The van der Waals surface area contributed by atoms with Gasteiger partial charge in [-0.1, -0.05) is 0 Å². The number of rotatable bonds is 3. The average molecular weight is 682 g/mol. The van der Waals surface area contributed by atoms with Crippen LogP contribution in [0.25, 0.3) is 0 Å². The Morgan fingerprint density at radius 3 is 0.619 bits per heavy atom. The molecule has 0 saturated carbocycles. The number of hydrogen-bond acceptors (Lipinski definition) is 2. The van der Waals surface area contributed by atoms with Crippen LogP contribution in [0.5, 0.6) is 0 Å². The molecule has 0 fully saturated rings. The van der Waals surface area contributed by atoms with Gasteiger partial charge >= 0.3 is 15.6 Å². The molecule has 0 aliphatic heterocycles. The highest BCUT2D eigenvalue weighted by atomic mass is 32.2. The van der Waals surface area contributed by atoms with Gasteiger partial charge in [-0.15, -0.1) is 0 Å². The topological polar surface area (TPSA) is 54.4 Å². The van der Waals surface area contributed by atoms with Crippen molar-refractivity contribution in [3.63, 3.8) is 0 Å². The van der Waals surface area contributed by atoms with Gasteiger partial charge in [0, 0.05) is 7.92 Å². The van der Waals surface area contributed by atoms with Crippen LogP contribution < -0.4 is 15.9 Å². The van der Waals surface area contributed by atoms with Crippen LogP contribution in [-0.4, -0.2) is 18.5 Å². The van der Waals surface area contributed by atoms with E-state index in [4.69, 9.17) is 13.0 Å². The highest BCUT2D eigenvalue weighted by Crippen LogP contribution is 2.42. The molecule has 0 radical (unpaired) electrons. The second kappa shape index (κ2) is 11.8. The predicted molar refractivity (Wildman–Crippen MR) is 102 cm³/mol. The number of hydrogen-bond donors (Lipinski definition) is 1. The van der Waals surface area contributed by atoms with E-state index in [9.17, 15) is 79.0 Å². The van der Waals surface area contributed by atoms with Gasteiger partial charge in [0.1, 0.15) is 0 Å². The molecular formula is C19HF18O3PS. The van der Waals surface area contributed by atoms with Crippen molar-refractivity contribution in [2.75, 3.05) is 0 Å². The van der Waals surface area contributed by atoms with Crippen LogP contribution in [0, 0.1) is 87.3 Å². The maximum Gasteiger partial charge on any atom is 0.522 e. The van der Waals surface area contributed by atoms with Crippen molar-refractivity contribution in [2.45, 2.75) is 5.51 Å². The molecule has 42 heavy (non-hydrogen) atoms. The number of halogens is 18. The Kier molecular flexibility index (Phi) is 9.81. The fourth-order valence-corrected chi connectivity index (χ4v) is 5.14. The van der Waals surface area contributed by atoms with Crippen LogP contribution in [-0.2, 0) is 10.1 Å². The highest BCUT2D eigenvalue weighted by molar-refractivity contribution is 7.86. The van der Waals surface area contributed by atoms with Crippen molar-refractivity contribution < 1.29 is 92.0 Å². The Morgan fingerprint density at radius 1 is 0.381 bits per heavy atom. The Labute approximate surface area is 219 Å². The molecule has 1 N–H and O–H groups in total. The average Bonchev–Trinajstić information content (AvgIpc) is 2.89. The van der Waals surface area contributed by atoms with Gasteiger partial charge in [0.2, 0.25) is 17.5 Å². The summed E-state index contributed by atoms with van der Waals surface area (Å²) in [6.07, 6.45) is 0. The first kappa shape index (κ1) is 34.9. The zero-order chi connectivity index (χ0) is 33.0. The van der Waals surface area contributed by atoms with Gasteiger partial charge in [-0.25, -0.2) is 65.9 Å². The normalized spacial score (nSPS) is 12.1. The largest absolute Gasteiger partial charge is 0.522 e. The van der Waals surface area contributed by atoms with Crippen molar-refractivity contribution in [3.05, 3.63) is 87.3 Å². The molecule has 0 aliphatic carbocycles. The van der Waals surface area contributed by atoms with Crippen LogP contribution in [0.4, 0.5) is 79.0 Å². The van der Waals surface area contributed by atoms with E-state index >= 15 is 0 Å². The third-order valence-electron chi connectivity index (χ3n) is 4.52. The van der Waals surface area contributed by atoms with Crippen LogP contribution in [0.15, 0.2) is 0 Å². The van der Waals surface area contributed by atoms with Crippen LogP contribution in [0.2, 0.25) is 0 Å². The van der Waals surface area contributed by atoms with E-state index in [-0.39, 0.29) is 0 Å². The number of alkyl halides is 3. The molecule has 3 nitrogen and oxygen atoms in total. The summed E-state index contributed by atoms with van der Waals surface area (Å²) in [7, 11) is -10.7. The minimum Gasteiger partial charge on any atom is -0.279 e. The highest BCUT2D eigenvalue weighted by Gasteiger charge is 2.45. The summed E-state index contributed by atoms with van der Waals surface area (Å²) in [5.74, 6) is -44.9. The lowest BCUT2D eigenvalue weighted by atomic mass is 10.3. The van der Waals surface area contributed by atoms with E-state index < -0.39 is 127 Å². The third kappa shape index (κ3) is 5.83. The molecular weight excluding hydrogens is 681 g/mol. The van der Waals surface area contributed by atoms with E-state index in [1.165, 1.54) is 0 Å². The standard InChI is InChI=1S/C18F15P.CHF3O3S/c19-1-4(22)10(28)16(11(29)5(1)23)34(17-12(30)6(24)2(20)7(25)13(17)31)18-14(32)8(26)3(21)9(27)15(18)33;2-1(3,4)8(5,6)7/h;(H,5,6,7). The fourth-order valence-electron chi connectivity index (χ4n) is 2.70. The third-order valence-corrected chi connectivity index (χ3v) is 7.63. The summed E-state index contributed by atoms with van der Waals surface area (Å²) < 4.78 is 266. The van der Waals surface area contributed by atoms with Crippen molar-refractivity contribution >= 4 is 34.0 Å². The zero-order valence-corrected chi connectivity index (χ0v) is 20.1. The van der Waals surface area contributed by atoms with Crippen molar-refractivity contribution in [2.24, 2.45) is 0 Å². The van der Waals surface area contributed by atoms with Crippen LogP contribution >= 0.6 is 7.92 Å². The molecule has 3 rings (SSSR count). The molecule has 0 saturated heterocycles. The monoisotopic (exact) mass is 682 g/mol. The molecule has 0 unspecified atom stereocenters. The molecule has 0 aliphatic rings. The van der Waals surface area contributed by atoms with E-state index in [1.54, 1.807) is 0 Å². The molecule has 0 spiro atoms. The summed E-state index contributed by atoms with van der Waals surface area (Å²) in [6.45, 7) is 0.